The smallest absolute Gasteiger partial charge is 0.246 e. The van der Waals surface area contributed by atoms with E-state index in [2.05, 4.69) is 10.3 Å². The lowest BCUT2D eigenvalue weighted by Crippen LogP contribution is -2.31. The van der Waals surface area contributed by atoms with Crippen molar-refractivity contribution in [2.24, 2.45) is 0 Å². The van der Waals surface area contributed by atoms with Gasteiger partial charge in [-0.2, -0.15) is 0 Å². The van der Waals surface area contributed by atoms with E-state index in [1.807, 2.05) is 42.0 Å². The van der Waals surface area contributed by atoms with Crippen molar-refractivity contribution in [2.45, 2.75) is 31.9 Å². The molecular formula is C18H23N3O3. The highest BCUT2D eigenvalue weighted by Crippen LogP contribution is 2.17. The summed E-state index contributed by atoms with van der Waals surface area (Å²) in [5, 5.41) is 2.96. The lowest BCUT2D eigenvalue weighted by molar-refractivity contribution is -0.127. The number of imidazole rings is 1. The first-order valence-corrected chi connectivity index (χ1v) is 8.29. The van der Waals surface area contributed by atoms with Gasteiger partial charge in [0.05, 0.1) is 25.1 Å². The maximum Gasteiger partial charge on any atom is 0.246 e. The summed E-state index contributed by atoms with van der Waals surface area (Å²) in [5.74, 6) is -0.117. The number of hydrogen-bond acceptors (Lipinski definition) is 4. The topological polar surface area (TPSA) is 65.4 Å². The molecule has 1 amide bonds. The Hall–Kier alpha value is -2.18. The second kappa shape index (κ2) is 8.08. The van der Waals surface area contributed by atoms with Crippen molar-refractivity contribution in [3.63, 3.8) is 0 Å². The van der Waals surface area contributed by atoms with E-state index in [1.165, 1.54) is 0 Å². The summed E-state index contributed by atoms with van der Waals surface area (Å²) in [6.07, 6.45) is 7.61. The predicted octanol–water partition coefficient (Wildman–Crippen LogP) is 2.25. The van der Waals surface area contributed by atoms with Crippen LogP contribution in [0, 0.1) is 0 Å². The van der Waals surface area contributed by atoms with Crippen LogP contribution in [0.3, 0.4) is 0 Å². The number of amides is 1. The summed E-state index contributed by atoms with van der Waals surface area (Å²) < 4.78 is 12.9. The molecule has 0 unspecified atom stereocenters. The van der Waals surface area contributed by atoms with E-state index in [1.54, 1.807) is 12.5 Å². The van der Waals surface area contributed by atoms with Crippen LogP contribution in [-0.2, 0) is 14.3 Å². The van der Waals surface area contributed by atoms with Crippen LogP contribution in [-0.4, -0.2) is 41.4 Å². The summed E-state index contributed by atoms with van der Waals surface area (Å²) in [7, 11) is 0. The number of ether oxygens (including phenoxy) is 2. The van der Waals surface area contributed by atoms with E-state index >= 15 is 0 Å². The van der Waals surface area contributed by atoms with Crippen LogP contribution in [0.4, 0.5) is 0 Å². The second-order valence-corrected chi connectivity index (χ2v) is 6.00. The van der Waals surface area contributed by atoms with Gasteiger partial charge < -0.3 is 19.4 Å². The molecule has 1 aliphatic rings. The van der Waals surface area contributed by atoms with Gasteiger partial charge in [0.2, 0.25) is 5.91 Å². The average molecular weight is 329 g/mol. The highest BCUT2D eigenvalue weighted by molar-refractivity contribution is 5.77. The van der Waals surface area contributed by atoms with Gasteiger partial charge in [-0.25, -0.2) is 4.98 Å². The molecular weight excluding hydrogens is 306 g/mol. The number of aromatic nitrogens is 2. The second-order valence-electron chi connectivity index (χ2n) is 6.00. The van der Waals surface area contributed by atoms with Crippen LogP contribution < -0.4 is 5.32 Å². The molecule has 1 fully saturated rings. The normalized spacial score (nSPS) is 18.5. The Kier molecular flexibility index (Phi) is 5.61. The third-order valence-corrected chi connectivity index (χ3v) is 4.11. The Morgan fingerprint density at radius 2 is 2.46 bits per heavy atom. The molecule has 2 atom stereocenters. The van der Waals surface area contributed by atoms with Gasteiger partial charge in [0.25, 0.3) is 0 Å². The quantitative estimate of drug-likeness (QED) is 0.846. The van der Waals surface area contributed by atoms with Gasteiger partial charge in [0.15, 0.2) is 0 Å². The molecule has 6 heteroatoms. The molecule has 1 aliphatic heterocycles. The Morgan fingerprint density at radius 1 is 1.54 bits per heavy atom. The molecule has 0 radical (unpaired) electrons. The lowest BCUT2D eigenvalue weighted by Gasteiger charge is -2.16. The number of hydrogen-bond donors (Lipinski definition) is 1. The number of carbonyl (C=O) groups is 1. The fourth-order valence-electron chi connectivity index (χ4n) is 2.79. The number of carbonyl (C=O) groups excluding carboxylic acids is 1. The highest BCUT2D eigenvalue weighted by Gasteiger charge is 2.16. The van der Waals surface area contributed by atoms with E-state index in [4.69, 9.17) is 9.47 Å². The van der Waals surface area contributed by atoms with Crippen LogP contribution in [0.2, 0.25) is 0 Å². The molecule has 1 N–H and O–H groups in total. The first kappa shape index (κ1) is 16.7. The largest absolute Gasteiger partial charge is 0.376 e. The zero-order chi connectivity index (χ0) is 16.8. The Morgan fingerprint density at radius 3 is 3.21 bits per heavy atom. The fourth-order valence-corrected chi connectivity index (χ4v) is 2.79. The van der Waals surface area contributed by atoms with E-state index in [0.717, 1.165) is 30.7 Å². The summed E-state index contributed by atoms with van der Waals surface area (Å²) in [4.78, 5) is 16.1. The number of rotatable bonds is 7. The average Bonchev–Trinajstić information content (AvgIpc) is 3.29. The number of benzene rings is 1. The third kappa shape index (κ3) is 4.43. The van der Waals surface area contributed by atoms with Gasteiger partial charge in [-0.05, 0) is 37.5 Å². The molecule has 1 saturated heterocycles. The van der Waals surface area contributed by atoms with E-state index in [-0.39, 0.29) is 24.7 Å². The lowest BCUT2D eigenvalue weighted by atomic mass is 10.1. The van der Waals surface area contributed by atoms with Gasteiger partial charge in [-0.1, -0.05) is 12.1 Å². The van der Waals surface area contributed by atoms with E-state index < -0.39 is 0 Å². The van der Waals surface area contributed by atoms with Gasteiger partial charge in [-0.15, -0.1) is 0 Å². The molecule has 128 valence electrons. The molecule has 0 saturated carbocycles. The maximum absolute atomic E-state index is 12.0. The van der Waals surface area contributed by atoms with Crippen molar-refractivity contribution >= 4 is 5.91 Å². The molecule has 24 heavy (non-hydrogen) atoms. The minimum absolute atomic E-state index is 0.0609. The van der Waals surface area contributed by atoms with Crippen molar-refractivity contribution in [2.75, 3.05) is 19.8 Å². The zero-order valence-corrected chi connectivity index (χ0v) is 13.9. The summed E-state index contributed by atoms with van der Waals surface area (Å²) >= 11 is 0. The van der Waals surface area contributed by atoms with Crippen LogP contribution in [0.1, 0.15) is 31.4 Å². The Balaban J connectivity index is 1.49. The van der Waals surface area contributed by atoms with Crippen LogP contribution >= 0.6 is 0 Å². The molecule has 6 nitrogen and oxygen atoms in total. The molecule has 1 aromatic carbocycles. The van der Waals surface area contributed by atoms with Crippen molar-refractivity contribution in [3.8, 4) is 5.69 Å². The van der Waals surface area contributed by atoms with Crippen molar-refractivity contribution < 1.29 is 14.3 Å². The maximum atomic E-state index is 12.0. The molecule has 2 aromatic rings. The molecule has 2 heterocycles. The Labute approximate surface area is 141 Å². The van der Waals surface area contributed by atoms with Crippen LogP contribution in [0.25, 0.3) is 5.69 Å². The van der Waals surface area contributed by atoms with Gasteiger partial charge in [-0.3, -0.25) is 4.79 Å². The first-order chi connectivity index (χ1) is 11.7. The summed E-state index contributed by atoms with van der Waals surface area (Å²) in [6.45, 7) is 3.30. The highest BCUT2D eigenvalue weighted by atomic mass is 16.5. The number of nitrogens with one attached hydrogen (secondary N) is 1. The van der Waals surface area contributed by atoms with Gasteiger partial charge in [0.1, 0.15) is 6.61 Å². The number of nitrogens with zero attached hydrogens (tertiary/aromatic N) is 2. The Bertz CT molecular complexity index is 651. The SMILES string of the molecule is C[C@H](NC(=O)COC[C@H]1CCCO1)c1cccc(-n2ccnc2)c1. The molecule has 0 aliphatic carbocycles. The monoisotopic (exact) mass is 329 g/mol. The van der Waals surface area contributed by atoms with Crippen molar-refractivity contribution in [3.05, 3.63) is 48.5 Å². The first-order valence-electron chi connectivity index (χ1n) is 8.29. The van der Waals surface area contributed by atoms with E-state index in [9.17, 15) is 4.79 Å². The molecule has 1 aromatic heterocycles. The van der Waals surface area contributed by atoms with Crippen LogP contribution in [0.5, 0.6) is 0 Å². The molecule has 3 rings (SSSR count). The van der Waals surface area contributed by atoms with Gasteiger partial charge >= 0.3 is 0 Å². The summed E-state index contributed by atoms with van der Waals surface area (Å²) in [6, 6.07) is 7.93. The van der Waals surface area contributed by atoms with Crippen molar-refractivity contribution in [1.82, 2.24) is 14.9 Å². The van der Waals surface area contributed by atoms with Gasteiger partial charge in [0, 0.05) is 24.7 Å². The molecule has 0 spiro atoms. The third-order valence-electron chi connectivity index (χ3n) is 4.11. The standard InChI is InChI=1S/C18H23N3O3/c1-14(20-18(22)12-23-11-17-6-3-9-24-17)15-4-2-5-16(10-15)21-8-7-19-13-21/h2,4-5,7-8,10,13-14,17H,3,6,9,11-12H2,1H3,(H,20,22)/t14-,17+/m0/s1. The van der Waals surface area contributed by atoms with Crippen LogP contribution in [0.15, 0.2) is 43.0 Å². The van der Waals surface area contributed by atoms with E-state index in [0.29, 0.717) is 6.61 Å². The minimum Gasteiger partial charge on any atom is -0.376 e. The fraction of sp³-hybridized carbons (Fsp3) is 0.444. The molecule has 0 bridgehead atoms. The van der Waals surface area contributed by atoms with Crippen molar-refractivity contribution in [1.29, 1.82) is 0 Å². The predicted molar refractivity (Wildman–Crippen MR) is 89.9 cm³/mol. The summed E-state index contributed by atoms with van der Waals surface area (Å²) in [5.41, 5.74) is 2.05. The minimum atomic E-state index is -0.117. The zero-order valence-electron chi connectivity index (χ0n) is 13.9.